The summed E-state index contributed by atoms with van der Waals surface area (Å²) in [7, 11) is 4.02. The van der Waals surface area contributed by atoms with Gasteiger partial charge in [0.15, 0.2) is 0 Å². The van der Waals surface area contributed by atoms with Crippen LogP contribution in [0.1, 0.15) is 16.9 Å². The highest BCUT2D eigenvalue weighted by Crippen LogP contribution is 2.26. The van der Waals surface area contributed by atoms with Crippen LogP contribution >= 0.6 is 15.9 Å². The first kappa shape index (κ1) is 20.3. The van der Waals surface area contributed by atoms with Crippen molar-refractivity contribution >= 4 is 38.5 Å². The van der Waals surface area contributed by atoms with Crippen molar-refractivity contribution in [3.8, 4) is 0 Å². The smallest absolute Gasteiger partial charge is 0.227 e. The van der Waals surface area contributed by atoms with E-state index in [4.69, 9.17) is 8.83 Å². The van der Waals surface area contributed by atoms with Crippen LogP contribution in [-0.4, -0.2) is 24.9 Å². The number of carbonyl (C=O) groups is 1. The van der Waals surface area contributed by atoms with E-state index in [9.17, 15) is 4.79 Å². The Labute approximate surface area is 184 Å². The number of nitrogens with zero attached hydrogens (tertiary/aromatic N) is 2. The second-order valence-corrected chi connectivity index (χ2v) is 8.38. The fourth-order valence-corrected chi connectivity index (χ4v) is 3.77. The summed E-state index contributed by atoms with van der Waals surface area (Å²) in [6, 6.07) is 17.8. The maximum absolute atomic E-state index is 13.3. The first-order chi connectivity index (χ1) is 14.5. The number of furan rings is 2. The summed E-state index contributed by atoms with van der Waals surface area (Å²) in [4.78, 5) is 17.1. The molecule has 0 unspecified atom stereocenters. The number of amides is 1. The highest BCUT2D eigenvalue weighted by molar-refractivity contribution is 9.10. The lowest BCUT2D eigenvalue weighted by Gasteiger charge is -2.22. The normalized spacial score (nSPS) is 11.0. The molecule has 2 aromatic heterocycles. The third-order valence-electron chi connectivity index (χ3n) is 5.06. The molecule has 0 fully saturated rings. The van der Waals surface area contributed by atoms with Crippen LogP contribution in [0.15, 0.2) is 80.4 Å². The molecule has 5 nitrogen and oxygen atoms in total. The molecule has 0 saturated heterocycles. The summed E-state index contributed by atoms with van der Waals surface area (Å²) in [5, 5.41) is 0.950. The van der Waals surface area contributed by atoms with Crippen LogP contribution in [0.4, 0.5) is 5.69 Å². The monoisotopic (exact) mass is 466 g/mol. The van der Waals surface area contributed by atoms with Gasteiger partial charge in [-0.1, -0.05) is 28.1 Å². The minimum absolute atomic E-state index is 0.0192. The Hall–Kier alpha value is -2.99. The second-order valence-electron chi connectivity index (χ2n) is 7.47. The van der Waals surface area contributed by atoms with E-state index in [0.717, 1.165) is 38.0 Å². The molecule has 4 rings (SSSR count). The molecule has 1 amide bonds. The van der Waals surface area contributed by atoms with Crippen LogP contribution in [0.5, 0.6) is 0 Å². The SMILES string of the molecule is CN(C)c1ccc(CN(Cc2ccco2)C(=O)Cc2coc3ccc(Br)cc23)cc1. The number of fused-ring (bicyclic) bond motifs is 1. The van der Waals surface area contributed by atoms with E-state index in [-0.39, 0.29) is 12.3 Å². The first-order valence-corrected chi connectivity index (χ1v) is 10.5. The molecule has 2 aromatic carbocycles. The van der Waals surface area contributed by atoms with E-state index in [1.807, 2.05) is 49.3 Å². The van der Waals surface area contributed by atoms with Crippen LogP contribution in [0.25, 0.3) is 11.0 Å². The highest BCUT2D eigenvalue weighted by Gasteiger charge is 2.19. The summed E-state index contributed by atoms with van der Waals surface area (Å²) in [5.41, 5.74) is 3.85. The molecule has 0 aliphatic heterocycles. The van der Waals surface area contributed by atoms with E-state index in [1.165, 1.54) is 0 Å². The van der Waals surface area contributed by atoms with Crippen LogP contribution in [0, 0.1) is 0 Å². The van der Waals surface area contributed by atoms with Crippen molar-refractivity contribution in [3.63, 3.8) is 0 Å². The van der Waals surface area contributed by atoms with Crippen LogP contribution < -0.4 is 4.90 Å². The molecule has 2 heterocycles. The van der Waals surface area contributed by atoms with Crippen LogP contribution in [-0.2, 0) is 24.3 Å². The number of carbonyl (C=O) groups excluding carboxylic acids is 1. The molecule has 30 heavy (non-hydrogen) atoms. The fraction of sp³-hybridized carbons (Fsp3) is 0.208. The van der Waals surface area contributed by atoms with Crippen molar-refractivity contribution in [2.24, 2.45) is 0 Å². The molecule has 6 heteroatoms. The Morgan fingerprint density at radius 1 is 1.00 bits per heavy atom. The standard InChI is InChI=1S/C24H23BrN2O3/c1-26(2)20-8-5-17(6-9-20)14-27(15-21-4-3-11-29-21)24(28)12-18-16-30-23-10-7-19(25)13-22(18)23/h3-11,13,16H,12,14-15H2,1-2H3. The van der Waals surface area contributed by atoms with Gasteiger partial charge in [-0.2, -0.15) is 0 Å². The summed E-state index contributed by atoms with van der Waals surface area (Å²) in [6.45, 7) is 0.924. The number of halogens is 1. The maximum Gasteiger partial charge on any atom is 0.227 e. The fourth-order valence-electron chi connectivity index (χ4n) is 3.41. The van der Waals surface area contributed by atoms with Gasteiger partial charge in [-0.25, -0.2) is 0 Å². The van der Waals surface area contributed by atoms with Crippen molar-refractivity contribution in [3.05, 3.63) is 88.5 Å². The first-order valence-electron chi connectivity index (χ1n) is 9.71. The predicted octanol–water partition coefficient (Wildman–Crippen LogP) is 5.63. The van der Waals surface area contributed by atoms with Crippen molar-refractivity contribution in [2.75, 3.05) is 19.0 Å². The molecule has 4 aromatic rings. The molecule has 154 valence electrons. The Bertz CT molecular complexity index is 1130. The van der Waals surface area contributed by atoms with Gasteiger partial charge in [-0.3, -0.25) is 4.79 Å². The number of hydrogen-bond acceptors (Lipinski definition) is 4. The third-order valence-corrected chi connectivity index (χ3v) is 5.56. The van der Waals surface area contributed by atoms with E-state index in [2.05, 4.69) is 45.1 Å². The highest BCUT2D eigenvalue weighted by atomic mass is 79.9. The van der Waals surface area contributed by atoms with Gasteiger partial charge >= 0.3 is 0 Å². The van der Waals surface area contributed by atoms with Crippen LogP contribution in [0.2, 0.25) is 0 Å². The molecule has 0 aliphatic carbocycles. The van der Waals surface area contributed by atoms with Gasteiger partial charge in [0.2, 0.25) is 5.91 Å². The lowest BCUT2D eigenvalue weighted by molar-refractivity contribution is -0.132. The zero-order valence-corrected chi connectivity index (χ0v) is 18.6. The van der Waals surface area contributed by atoms with Crippen molar-refractivity contribution in [2.45, 2.75) is 19.5 Å². The average Bonchev–Trinajstić information content (AvgIpc) is 3.38. The topological polar surface area (TPSA) is 49.8 Å². The van der Waals surface area contributed by atoms with Gasteiger partial charge in [0.1, 0.15) is 11.3 Å². The quantitative estimate of drug-likeness (QED) is 0.354. The van der Waals surface area contributed by atoms with E-state index < -0.39 is 0 Å². The molecule has 0 N–H and O–H groups in total. The Morgan fingerprint density at radius 2 is 1.80 bits per heavy atom. The molecule has 0 aliphatic rings. The van der Waals surface area contributed by atoms with Gasteiger partial charge in [0.25, 0.3) is 0 Å². The second kappa shape index (κ2) is 8.79. The van der Waals surface area contributed by atoms with Crippen molar-refractivity contribution < 1.29 is 13.6 Å². The summed E-state index contributed by atoms with van der Waals surface area (Å²) < 4.78 is 12.1. The predicted molar refractivity (Wildman–Crippen MR) is 121 cm³/mol. The number of hydrogen-bond donors (Lipinski definition) is 0. The molecule has 0 atom stereocenters. The van der Waals surface area contributed by atoms with Crippen LogP contribution in [0.3, 0.4) is 0 Å². The molecule has 0 radical (unpaired) electrons. The summed E-state index contributed by atoms with van der Waals surface area (Å²) in [6.07, 6.45) is 3.57. The zero-order chi connectivity index (χ0) is 21.1. The lowest BCUT2D eigenvalue weighted by Crippen LogP contribution is -2.31. The Morgan fingerprint density at radius 3 is 2.50 bits per heavy atom. The molecule has 0 spiro atoms. The Balaban J connectivity index is 1.56. The largest absolute Gasteiger partial charge is 0.467 e. The van der Waals surface area contributed by atoms with Gasteiger partial charge in [0.05, 0.1) is 25.5 Å². The minimum atomic E-state index is 0.0192. The van der Waals surface area contributed by atoms with Gasteiger partial charge < -0.3 is 18.6 Å². The van der Waals surface area contributed by atoms with Gasteiger partial charge in [-0.05, 0) is 48.0 Å². The van der Waals surface area contributed by atoms with Crippen molar-refractivity contribution in [1.82, 2.24) is 4.90 Å². The molecule has 0 bridgehead atoms. The number of rotatable bonds is 7. The maximum atomic E-state index is 13.3. The Kier molecular flexibility index (Phi) is 5.95. The molecule has 0 saturated carbocycles. The summed E-state index contributed by atoms with van der Waals surface area (Å²) >= 11 is 3.49. The van der Waals surface area contributed by atoms with E-state index in [1.54, 1.807) is 12.5 Å². The summed E-state index contributed by atoms with van der Waals surface area (Å²) in [5.74, 6) is 0.777. The van der Waals surface area contributed by atoms with Crippen molar-refractivity contribution in [1.29, 1.82) is 0 Å². The number of benzene rings is 2. The molecular weight excluding hydrogens is 444 g/mol. The minimum Gasteiger partial charge on any atom is -0.467 e. The van der Waals surface area contributed by atoms with E-state index >= 15 is 0 Å². The number of anilines is 1. The molecular formula is C24H23BrN2O3. The lowest BCUT2D eigenvalue weighted by atomic mass is 10.1. The van der Waals surface area contributed by atoms with E-state index in [0.29, 0.717) is 13.1 Å². The van der Waals surface area contributed by atoms with Gasteiger partial charge in [-0.15, -0.1) is 0 Å². The van der Waals surface area contributed by atoms with Gasteiger partial charge in [0, 0.05) is 41.7 Å². The average molecular weight is 467 g/mol. The third kappa shape index (κ3) is 4.60. The zero-order valence-electron chi connectivity index (χ0n) is 17.0.